The average Bonchev–Trinajstić information content (AvgIpc) is 3.40. The van der Waals surface area contributed by atoms with Crippen LogP contribution < -0.4 is 4.74 Å². The fourth-order valence-corrected chi connectivity index (χ4v) is 5.30. The minimum atomic E-state index is -0.228. The van der Waals surface area contributed by atoms with Crippen LogP contribution in [0.5, 0.6) is 5.75 Å². The molecule has 1 aromatic carbocycles. The van der Waals surface area contributed by atoms with E-state index in [2.05, 4.69) is 4.90 Å². The van der Waals surface area contributed by atoms with E-state index in [1.165, 1.54) is 0 Å². The van der Waals surface area contributed by atoms with Crippen molar-refractivity contribution < 1.29 is 23.8 Å². The number of benzene rings is 1. The molecule has 0 bridgehead atoms. The predicted molar refractivity (Wildman–Crippen MR) is 120 cm³/mol. The molecular formula is C24H35N3O5. The average molecular weight is 446 g/mol. The highest BCUT2D eigenvalue weighted by molar-refractivity contribution is 5.79. The summed E-state index contributed by atoms with van der Waals surface area (Å²) in [5, 5.41) is 0. The van der Waals surface area contributed by atoms with Crippen molar-refractivity contribution in [3.63, 3.8) is 0 Å². The van der Waals surface area contributed by atoms with Gasteiger partial charge in [0.15, 0.2) is 0 Å². The predicted octanol–water partition coefficient (Wildman–Crippen LogP) is 2.16. The summed E-state index contributed by atoms with van der Waals surface area (Å²) in [5.74, 6) is 0.995. The maximum atomic E-state index is 13.2. The van der Waals surface area contributed by atoms with E-state index in [-0.39, 0.29) is 23.5 Å². The van der Waals surface area contributed by atoms with Crippen LogP contribution in [-0.4, -0.2) is 98.4 Å². The van der Waals surface area contributed by atoms with E-state index in [0.717, 1.165) is 30.6 Å². The molecule has 0 aliphatic carbocycles. The summed E-state index contributed by atoms with van der Waals surface area (Å²) in [6.07, 6.45) is 3.70. The van der Waals surface area contributed by atoms with Gasteiger partial charge < -0.3 is 28.9 Å². The van der Waals surface area contributed by atoms with Crippen molar-refractivity contribution in [2.75, 3.05) is 60.2 Å². The molecule has 8 heteroatoms. The molecule has 3 aliphatic heterocycles. The minimum Gasteiger partial charge on any atom is -0.497 e. The molecule has 4 rings (SSSR count). The summed E-state index contributed by atoms with van der Waals surface area (Å²) in [4.78, 5) is 32.0. The molecule has 1 unspecified atom stereocenters. The van der Waals surface area contributed by atoms with Crippen molar-refractivity contribution in [1.82, 2.24) is 14.7 Å². The second kappa shape index (κ2) is 10.1. The number of methoxy groups -OCH3 is 2. The van der Waals surface area contributed by atoms with E-state index in [1.807, 2.05) is 34.1 Å². The molecule has 1 spiro atoms. The Morgan fingerprint density at radius 2 is 2.06 bits per heavy atom. The van der Waals surface area contributed by atoms with Gasteiger partial charge >= 0.3 is 6.03 Å². The molecule has 0 N–H and O–H groups in total. The van der Waals surface area contributed by atoms with Crippen LogP contribution in [0.4, 0.5) is 4.79 Å². The Bertz CT molecular complexity index is 803. The first kappa shape index (κ1) is 22.9. The van der Waals surface area contributed by atoms with Crippen LogP contribution in [0.3, 0.4) is 0 Å². The van der Waals surface area contributed by atoms with Gasteiger partial charge in [-0.05, 0) is 43.4 Å². The number of carbonyl (C=O) groups is 2. The first-order valence-corrected chi connectivity index (χ1v) is 11.6. The molecule has 0 aromatic heterocycles. The van der Waals surface area contributed by atoms with Crippen LogP contribution in [0, 0.1) is 0 Å². The van der Waals surface area contributed by atoms with E-state index in [0.29, 0.717) is 58.8 Å². The van der Waals surface area contributed by atoms with Crippen LogP contribution >= 0.6 is 0 Å². The van der Waals surface area contributed by atoms with Gasteiger partial charge in [0, 0.05) is 52.4 Å². The maximum Gasteiger partial charge on any atom is 0.321 e. The molecule has 8 nitrogen and oxygen atoms in total. The van der Waals surface area contributed by atoms with Gasteiger partial charge in [-0.25, -0.2) is 4.79 Å². The molecule has 176 valence electrons. The molecule has 3 fully saturated rings. The Morgan fingerprint density at radius 3 is 2.75 bits per heavy atom. The van der Waals surface area contributed by atoms with Crippen LogP contribution in [0.15, 0.2) is 24.3 Å². The standard InChI is InChI=1S/C24H35N3O5/c1-30-15-13-26-17-24(10-14-32-18-24)27(23(26)29)20-8-11-25(12-9-20)22(28)7-6-19-4-3-5-21(16-19)31-2/h3-5,16,20H,6-15,17-18H2,1-2H3. The summed E-state index contributed by atoms with van der Waals surface area (Å²) < 4.78 is 16.2. The fraction of sp³-hybridized carbons (Fsp3) is 0.667. The van der Waals surface area contributed by atoms with E-state index in [1.54, 1.807) is 14.2 Å². The maximum absolute atomic E-state index is 13.2. The highest BCUT2D eigenvalue weighted by Crippen LogP contribution is 2.38. The van der Waals surface area contributed by atoms with Gasteiger partial charge in [-0.1, -0.05) is 12.1 Å². The summed E-state index contributed by atoms with van der Waals surface area (Å²) in [6.45, 7) is 4.53. The molecule has 0 radical (unpaired) electrons. The normalized spacial score (nSPS) is 24.1. The van der Waals surface area contributed by atoms with Gasteiger partial charge in [-0.2, -0.15) is 0 Å². The Hall–Kier alpha value is -2.32. The minimum absolute atomic E-state index is 0.0929. The Labute approximate surface area is 190 Å². The summed E-state index contributed by atoms with van der Waals surface area (Å²) in [7, 11) is 3.31. The number of hydrogen-bond acceptors (Lipinski definition) is 5. The monoisotopic (exact) mass is 445 g/mol. The van der Waals surface area contributed by atoms with E-state index < -0.39 is 0 Å². The van der Waals surface area contributed by atoms with E-state index >= 15 is 0 Å². The van der Waals surface area contributed by atoms with E-state index in [4.69, 9.17) is 14.2 Å². The van der Waals surface area contributed by atoms with Gasteiger partial charge in [0.25, 0.3) is 0 Å². The van der Waals surface area contributed by atoms with Crippen LogP contribution in [0.2, 0.25) is 0 Å². The number of aryl methyl sites for hydroxylation is 1. The van der Waals surface area contributed by atoms with Crippen molar-refractivity contribution in [1.29, 1.82) is 0 Å². The first-order chi connectivity index (χ1) is 15.6. The fourth-order valence-electron chi connectivity index (χ4n) is 5.30. The summed E-state index contributed by atoms with van der Waals surface area (Å²) in [5.41, 5.74) is 0.878. The molecule has 0 saturated carbocycles. The molecule has 1 aromatic rings. The lowest BCUT2D eigenvalue weighted by Crippen LogP contribution is -2.56. The zero-order valence-electron chi connectivity index (χ0n) is 19.3. The highest BCUT2D eigenvalue weighted by Gasteiger charge is 2.54. The Kier molecular flexibility index (Phi) is 7.20. The summed E-state index contributed by atoms with van der Waals surface area (Å²) >= 11 is 0. The molecule has 3 saturated heterocycles. The van der Waals surface area contributed by atoms with Gasteiger partial charge in [-0.3, -0.25) is 4.79 Å². The lowest BCUT2D eigenvalue weighted by Gasteiger charge is -2.42. The van der Waals surface area contributed by atoms with Gasteiger partial charge in [0.05, 0.1) is 25.9 Å². The second-order valence-electron chi connectivity index (χ2n) is 9.06. The number of nitrogens with zero attached hydrogens (tertiary/aromatic N) is 3. The zero-order chi connectivity index (χ0) is 22.6. The van der Waals surface area contributed by atoms with Crippen LogP contribution in [-0.2, 0) is 20.7 Å². The number of urea groups is 1. The van der Waals surface area contributed by atoms with Crippen LogP contribution in [0.25, 0.3) is 0 Å². The molecule has 3 heterocycles. The molecule has 3 amide bonds. The van der Waals surface area contributed by atoms with Crippen molar-refractivity contribution in [2.24, 2.45) is 0 Å². The van der Waals surface area contributed by atoms with Crippen molar-refractivity contribution >= 4 is 11.9 Å². The lowest BCUT2D eigenvalue weighted by molar-refractivity contribution is -0.132. The zero-order valence-corrected chi connectivity index (χ0v) is 19.3. The number of piperidine rings is 1. The molecule has 3 aliphatic rings. The third-order valence-electron chi connectivity index (χ3n) is 7.06. The topological polar surface area (TPSA) is 71.6 Å². The van der Waals surface area contributed by atoms with Gasteiger partial charge in [-0.15, -0.1) is 0 Å². The number of ether oxygens (including phenoxy) is 3. The Balaban J connectivity index is 1.33. The van der Waals surface area contributed by atoms with E-state index in [9.17, 15) is 9.59 Å². The third kappa shape index (κ3) is 4.71. The quantitative estimate of drug-likeness (QED) is 0.613. The number of amides is 3. The third-order valence-corrected chi connectivity index (χ3v) is 7.06. The Morgan fingerprint density at radius 1 is 1.25 bits per heavy atom. The van der Waals surface area contributed by atoms with Crippen molar-refractivity contribution in [3.05, 3.63) is 29.8 Å². The molecular weight excluding hydrogens is 410 g/mol. The molecule has 1 atom stereocenters. The van der Waals surface area contributed by atoms with Gasteiger partial charge in [0.2, 0.25) is 5.91 Å². The SMILES string of the molecule is COCCN1CC2(CCOC2)N(C2CCN(C(=O)CCc3cccc(OC)c3)CC2)C1=O. The summed E-state index contributed by atoms with van der Waals surface area (Å²) in [6, 6.07) is 8.12. The lowest BCUT2D eigenvalue weighted by atomic mass is 9.92. The van der Waals surface area contributed by atoms with Gasteiger partial charge in [0.1, 0.15) is 5.75 Å². The number of carbonyl (C=O) groups excluding carboxylic acids is 2. The van der Waals surface area contributed by atoms with Crippen molar-refractivity contribution in [3.8, 4) is 5.75 Å². The van der Waals surface area contributed by atoms with Crippen LogP contribution in [0.1, 0.15) is 31.2 Å². The molecule has 32 heavy (non-hydrogen) atoms. The number of rotatable bonds is 8. The second-order valence-corrected chi connectivity index (χ2v) is 9.06. The number of hydrogen-bond donors (Lipinski definition) is 0. The number of likely N-dealkylation sites (tertiary alicyclic amines) is 1. The smallest absolute Gasteiger partial charge is 0.321 e. The first-order valence-electron chi connectivity index (χ1n) is 11.6. The highest BCUT2D eigenvalue weighted by atomic mass is 16.5. The van der Waals surface area contributed by atoms with Crippen molar-refractivity contribution in [2.45, 2.75) is 43.7 Å². The largest absolute Gasteiger partial charge is 0.497 e.